The van der Waals surface area contributed by atoms with Crippen molar-refractivity contribution in [2.75, 3.05) is 6.54 Å². The molecule has 158 valence electrons. The largest absolute Gasteiger partial charge is 0.354 e. The molecule has 0 aliphatic rings. The van der Waals surface area contributed by atoms with Gasteiger partial charge in [-0.1, -0.05) is 61.5 Å². The third-order valence-electron chi connectivity index (χ3n) is 5.25. The molecule has 0 atom stereocenters. The molecule has 0 saturated carbocycles. The summed E-state index contributed by atoms with van der Waals surface area (Å²) >= 11 is 0. The van der Waals surface area contributed by atoms with Gasteiger partial charge in [-0.15, -0.1) is 0 Å². The predicted octanol–water partition coefficient (Wildman–Crippen LogP) is 2.87. The summed E-state index contributed by atoms with van der Waals surface area (Å²) in [5.74, 6) is -0.234. The second-order valence-corrected chi connectivity index (χ2v) is 7.44. The van der Waals surface area contributed by atoms with Gasteiger partial charge in [0, 0.05) is 12.1 Å². The standard InChI is InChI=1S/C24H25N5O2/c1-2-18-10-12-20(13-11-18)21-15-22-24(31)28(26-17-29(22)27-21)16-23(30)25-14-6-9-19-7-4-3-5-8-19/h3-5,7-8,10-13,15,17H,2,6,9,14,16H2,1H3,(H,25,30). The van der Waals surface area contributed by atoms with Crippen LogP contribution in [0.2, 0.25) is 0 Å². The zero-order chi connectivity index (χ0) is 21.6. The van der Waals surface area contributed by atoms with E-state index in [9.17, 15) is 9.59 Å². The molecule has 4 aromatic rings. The van der Waals surface area contributed by atoms with Crippen LogP contribution in [0, 0.1) is 0 Å². The van der Waals surface area contributed by atoms with Crippen LogP contribution in [0.25, 0.3) is 16.8 Å². The number of rotatable bonds is 8. The number of hydrogen-bond donors (Lipinski definition) is 1. The van der Waals surface area contributed by atoms with Gasteiger partial charge >= 0.3 is 0 Å². The zero-order valence-corrected chi connectivity index (χ0v) is 17.5. The molecule has 1 N–H and O–H groups in total. The Morgan fingerprint density at radius 3 is 2.55 bits per heavy atom. The van der Waals surface area contributed by atoms with Gasteiger partial charge in [0.2, 0.25) is 5.91 Å². The van der Waals surface area contributed by atoms with Gasteiger partial charge in [0.05, 0.1) is 5.69 Å². The Labute approximate surface area is 180 Å². The minimum absolute atomic E-state index is 0.119. The lowest BCUT2D eigenvalue weighted by Gasteiger charge is -2.07. The topological polar surface area (TPSA) is 81.3 Å². The Morgan fingerprint density at radius 2 is 1.81 bits per heavy atom. The summed E-state index contributed by atoms with van der Waals surface area (Å²) in [5, 5.41) is 11.4. The summed E-state index contributed by atoms with van der Waals surface area (Å²) in [7, 11) is 0. The van der Waals surface area contributed by atoms with Gasteiger partial charge in [0.15, 0.2) is 0 Å². The second-order valence-electron chi connectivity index (χ2n) is 7.44. The fraction of sp³-hybridized carbons (Fsp3) is 0.250. The van der Waals surface area contributed by atoms with E-state index in [1.165, 1.54) is 26.7 Å². The molecule has 7 nitrogen and oxygen atoms in total. The number of nitrogens with zero attached hydrogens (tertiary/aromatic N) is 4. The molecule has 2 aromatic heterocycles. The maximum absolute atomic E-state index is 12.8. The van der Waals surface area contributed by atoms with Crippen LogP contribution >= 0.6 is 0 Å². The molecule has 0 unspecified atom stereocenters. The number of carbonyl (C=O) groups excluding carboxylic acids is 1. The number of fused-ring (bicyclic) bond motifs is 1. The first-order valence-corrected chi connectivity index (χ1v) is 10.5. The molecule has 0 radical (unpaired) electrons. The fourth-order valence-electron chi connectivity index (χ4n) is 3.46. The van der Waals surface area contributed by atoms with Crippen LogP contribution < -0.4 is 10.9 Å². The Hall–Kier alpha value is -3.74. The maximum atomic E-state index is 12.8. The molecule has 2 aromatic carbocycles. The van der Waals surface area contributed by atoms with E-state index >= 15 is 0 Å². The van der Waals surface area contributed by atoms with E-state index in [1.54, 1.807) is 6.07 Å². The van der Waals surface area contributed by atoms with Gasteiger partial charge in [-0.05, 0) is 36.5 Å². The van der Waals surface area contributed by atoms with E-state index in [4.69, 9.17) is 0 Å². The lowest BCUT2D eigenvalue weighted by atomic mass is 10.1. The minimum atomic E-state index is -0.342. The van der Waals surface area contributed by atoms with Gasteiger partial charge in [0.25, 0.3) is 5.56 Å². The van der Waals surface area contributed by atoms with Crippen molar-refractivity contribution in [1.82, 2.24) is 24.7 Å². The monoisotopic (exact) mass is 415 g/mol. The van der Waals surface area contributed by atoms with E-state index in [0.717, 1.165) is 24.8 Å². The number of amides is 1. The molecule has 1 amide bonds. The average Bonchev–Trinajstić information content (AvgIpc) is 3.25. The molecular weight excluding hydrogens is 390 g/mol. The van der Waals surface area contributed by atoms with E-state index < -0.39 is 0 Å². The molecule has 0 aliphatic carbocycles. The Morgan fingerprint density at radius 1 is 1.03 bits per heavy atom. The Kier molecular flexibility index (Phi) is 6.21. The van der Waals surface area contributed by atoms with E-state index in [1.807, 2.05) is 30.3 Å². The normalized spacial score (nSPS) is 11.0. The first-order chi connectivity index (χ1) is 15.1. The lowest BCUT2D eigenvalue weighted by molar-refractivity contribution is -0.121. The number of aryl methyl sites for hydroxylation is 2. The third-order valence-corrected chi connectivity index (χ3v) is 5.25. The highest BCUT2D eigenvalue weighted by Crippen LogP contribution is 2.19. The number of aromatic nitrogens is 4. The smallest absolute Gasteiger partial charge is 0.293 e. The molecule has 0 saturated heterocycles. The van der Waals surface area contributed by atoms with Crippen LogP contribution in [-0.4, -0.2) is 31.8 Å². The molecule has 4 rings (SSSR count). The summed E-state index contributed by atoms with van der Waals surface area (Å²) in [6, 6.07) is 20.0. The number of carbonyl (C=O) groups is 1. The summed E-state index contributed by atoms with van der Waals surface area (Å²) in [4.78, 5) is 25.0. The van der Waals surface area contributed by atoms with Gasteiger partial charge in [-0.3, -0.25) is 9.59 Å². The van der Waals surface area contributed by atoms with Gasteiger partial charge in [0.1, 0.15) is 18.4 Å². The second kappa shape index (κ2) is 9.38. The third kappa shape index (κ3) is 4.88. The molecule has 2 heterocycles. The van der Waals surface area contributed by atoms with Crippen LogP contribution in [0.3, 0.4) is 0 Å². The average molecular weight is 415 g/mol. The van der Waals surface area contributed by atoms with Gasteiger partial charge < -0.3 is 5.32 Å². The Balaban J connectivity index is 1.40. The van der Waals surface area contributed by atoms with Crippen molar-refractivity contribution in [3.63, 3.8) is 0 Å². The summed E-state index contributed by atoms with van der Waals surface area (Å²) in [5.41, 5.74) is 4.16. The van der Waals surface area contributed by atoms with Crippen LogP contribution in [0.4, 0.5) is 0 Å². The first-order valence-electron chi connectivity index (χ1n) is 10.5. The Bertz CT molecular complexity index is 1230. The van der Waals surface area contributed by atoms with Crippen molar-refractivity contribution in [2.45, 2.75) is 32.7 Å². The van der Waals surface area contributed by atoms with Crippen LogP contribution in [0.5, 0.6) is 0 Å². The SMILES string of the molecule is CCc1ccc(-c2cc3c(=O)n(CC(=O)NCCCc4ccccc4)ncn3n2)cc1. The highest BCUT2D eigenvalue weighted by atomic mass is 16.2. The van der Waals surface area contributed by atoms with E-state index in [2.05, 4.69) is 46.7 Å². The quantitative estimate of drug-likeness (QED) is 0.449. The molecule has 31 heavy (non-hydrogen) atoms. The molecule has 0 aliphatic heterocycles. The fourth-order valence-corrected chi connectivity index (χ4v) is 3.46. The van der Waals surface area contributed by atoms with Crippen molar-refractivity contribution in [2.24, 2.45) is 0 Å². The predicted molar refractivity (Wildman–Crippen MR) is 120 cm³/mol. The first kappa shape index (κ1) is 20.5. The molecule has 7 heteroatoms. The van der Waals surface area contributed by atoms with Crippen molar-refractivity contribution in [3.05, 3.63) is 88.5 Å². The number of hydrogen-bond acceptors (Lipinski definition) is 4. The van der Waals surface area contributed by atoms with Crippen molar-refractivity contribution in [1.29, 1.82) is 0 Å². The molecular formula is C24H25N5O2. The maximum Gasteiger partial charge on any atom is 0.293 e. The van der Waals surface area contributed by atoms with Crippen LogP contribution in [0.1, 0.15) is 24.5 Å². The highest BCUT2D eigenvalue weighted by Gasteiger charge is 2.12. The summed E-state index contributed by atoms with van der Waals surface area (Å²) < 4.78 is 2.63. The van der Waals surface area contributed by atoms with E-state index in [-0.39, 0.29) is 18.0 Å². The van der Waals surface area contributed by atoms with E-state index in [0.29, 0.717) is 17.8 Å². The van der Waals surface area contributed by atoms with Crippen molar-refractivity contribution in [3.8, 4) is 11.3 Å². The molecule has 0 spiro atoms. The van der Waals surface area contributed by atoms with Crippen LogP contribution in [0.15, 0.2) is 71.8 Å². The molecule has 0 fully saturated rings. The van der Waals surface area contributed by atoms with Crippen molar-refractivity contribution >= 4 is 11.4 Å². The minimum Gasteiger partial charge on any atom is -0.354 e. The lowest BCUT2D eigenvalue weighted by Crippen LogP contribution is -2.34. The zero-order valence-electron chi connectivity index (χ0n) is 17.5. The van der Waals surface area contributed by atoms with Crippen molar-refractivity contribution < 1.29 is 4.79 Å². The van der Waals surface area contributed by atoms with Crippen LogP contribution in [-0.2, 0) is 24.2 Å². The van der Waals surface area contributed by atoms with Gasteiger partial charge in [-0.2, -0.15) is 10.2 Å². The summed E-state index contributed by atoms with van der Waals surface area (Å²) in [6.45, 7) is 2.54. The number of nitrogens with one attached hydrogen (secondary N) is 1. The number of benzene rings is 2. The molecule has 0 bridgehead atoms. The highest BCUT2D eigenvalue weighted by molar-refractivity contribution is 5.75. The van der Waals surface area contributed by atoms with Gasteiger partial charge in [-0.25, -0.2) is 9.20 Å². The summed E-state index contributed by atoms with van der Waals surface area (Å²) in [6.07, 6.45) is 4.15.